The standard InChI is InChI=1S/C13H17Cl2NO2/c1-8(2)3-12(17)7-16-13(18)9-4-10(14)6-11(15)5-9/h4-6,8,12,17H,3,7H2,1-2H3,(H,16,18). The third-order valence-electron chi connectivity index (χ3n) is 2.37. The smallest absolute Gasteiger partial charge is 0.251 e. The number of aliphatic hydroxyl groups excluding tert-OH is 1. The molecule has 1 rings (SSSR count). The number of rotatable bonds is 5. The van der Waals surface area contributed by atoms with Crippen molar-refractivity contribution in [1.29, 1.82) is 0 Å². The highest BCUT2D eigenvalue weighted by atomic mass is 35.5. The van der Waals surface area contributed by atoms with Crippen LogP contribution in [0.25, 0.3) is 0 Å². The molecule has 1 aromatic rings. The Morgan fingerprint density at radius 1 is 1.28 bits per heavy atom. The highest BCUT2D eigenvalue weighted by Gasteiger charge is 2.11. The van der Waals surface area contributed by atoms with Crippen LogP contribution in [0.5, 0.6) is 0 Å². The Morgan fingerprint density at radius 3 is 2.33 bits per heavy atom. The molecule has 1 unspecified atom stereocenters. The first kappa shape index (κ1) is 15.3. The molecule has 0 aliphatic carbocycles. The third kappa shape index (κ3) is 5.25. The molecule has 1 atom stereocenters. The molecule has 0 aromatic heterocycles. The monoisotopic (exact) mass is 289 g/mol. The molecule has 100 valence electrons. The molecule has 3 nitrogen and oxygen atoms in total. The zero-order valence-corrected chi connectivity index (χ0v) is 11.9. The van der Waals surface area contributed by atoms with Crippen molar-refractivity contribution in [2.45, 2.75) is 26.4 Å². The molecule has 0 aliphatic heterocycles. The molecule has 0 fully saturated rings. The molecule has 2 N–H and O–H groups in total. The molecule has 18 heavy (non-hydrogen) atoms. The molecule has 0 aliphatic rings. The van der Waals surface area contributed by atoms with Gasteiger partial charge >= 0.3 is 0 Å². The minimum absolute atomic E-state index is 0.223. The van der Waals surface area contributed by atoms with Crippen molar-refractivity contribution >= 4 is 29.1 Å². The summed E-state index contributed by atoms with van der Waals surface area (Å²) in [6.45, 7) is 4.25. The van der Waals surface area contributed by atoms with Crippen LogP contribution in [0.4, 0.5) is 0 Å². The van der Waals surface area contributed by atoms with Gasteiger partial charge in [0.1, 0.15) is 0 Å². The second-order valence-electron chi connectivity index (χ2n) is 4.65. The largest absolute Gasteiger partial charge is 0.391 e. The van der Waals surface area contributed by atoms with Crippen LogP contribution in [-0.4, -0.2) is 23.7 Å². The highest BCUT2D eigenvalue weighted by Crippen LogP contribution is 2.18. The van der Waals surface area contributed by atoms with E-state index in [0.29, 0.717) is 27.9 Å². The molecule has 0 bridgehead atoms. The number of hydrogen-bond acceptors (Lipinski definition) is 2. The summed E-state index contributed by atoms with van der Waals surface area (Å²) in [5, 5.41) is 13.1. The van der Waals surface area contributed by atoms with Gasteiger partial charge in [-0.3, -0.25) is 4.79 Å². The van der Waals surface area contributed by atoms with E-state index in [2.05, 4.69) is 5.32 Å². The van der Waals surface area contributed by atoms with Crippen LogP contribution >= 0.6 is 23.2 Å². The topological polar surface area (TPSA) is 49.3 Å². The van der Waals surface area contributed by atoms with E-state index in [1.165, 1.54) is 12.1 Å². The van der Waals surface area contributed by atoms with Crippen molar-refractivity contribution in [3.63, 3.8) is 0 Å². The van der Waals surface area contributed by atoms with Crippen molar-refractivity contribution in [3.05, 3.63) is 33.8 Å². The van der Waals surface area contributed by atoms with Crippen molar-refractivity contribution in [2.24, 2.45) is 5.92 Å². The molecule has 0 radical (unpaired) electrons. The van der Waals surface area contributed by atoms with E-state index < -0.39 is 6.10 Å². The predicted molar refractivity (Wildman–Crippen MR) is 74.3 cm³/mol. The molecule has 0 saturated heterocycles. The minimum Gasteiger partial charge on any atom is -0.391 e. The summed E-state index contributed by atoms with van der Waals surface area (Å²) in [7, 11) is 0. The van der Waals surface area contributed by atoms with Crippen molar-refractivity contribution in [3.8, 4) is 0 Å². The number of halogens is 2. The first-order valence-electron chi connectivity index (χ1n) is 5.81. The fourth-order valence-electron chi connectivity index (χ4n) is 1.62. The summed E-state index contributed by atoms with van der Waals surface area (Å²) >= 11 is 11.6. The quantitative estimate of drug-likeness (QED) is 0.875. The number of amides is 1. The molecule has 0 spiro atoms. The summed E-state index contributed by atoms with van der Waals surface area (Å²) < 4.78 is 0. The van der Waals surface area contributed by atoms with Gasteiger partial charge < -0.3 is 10.4 Å². The lowest BCUT2D eigenvalue weighted by atomic mass is 10.1. The number of hydrogen-bond donors (Lipinski definition) is 2. The Kier molecular flexibility index (Phi) is 5.93. The summed E-state index contributed by atoms with van der Waals surface area (Å²) in [5.74, 6) is 0.0970. The number of carbonyl (C=O) groups excluding carboxylic acids is 1. The Hall–Kier alpha value is -0.770. The first-order valence-corrected chi connectivity index (χ1v) is 6.56. The van der Waals surface area contributed by atoms with E-state index >= 15 is 0 Å². The number of carbonyl (C=O) groups is 1. The Labute approximate surface area is 117 Å². The molecular formula is C13H17Cl2NO2. The zero-order valence-electron chi connectivity index (χ0n) is 10.4. The molecular weight excluding hydrogens is 273 g/mol. The van der Waals surface area contributed by atoms with Crippen LogP contribution in [0.2, 0.25) is 10.0 Å². The lowest BCUT2D eigenvalue weighted by Gasteiger charge is -2.14. The SMILES string of the molecule is CC(C)CC(O)CNC(=O)c1cc(Cl)cc(Cl)c1. The Balaban J connectivity index is 2.55. The zero-order chi connectivity index (χ0) is 13.7. The van der Waals surface area contributed by atoms with Gasteiger partial charge in [0.15, 0.2) is 0 Å². The summed E-state index contributed by atoms with van der Waals surface area (Å²) in [4.78, 5) is 11.8. The first-order chi connectivity index (χ1) is 8.38. The van der Waals surface area contributed by atoms with Crippen molar-refractivity contribution < 1.29 is 9.90 Å². The summed E-state index contributed by atoms with van der Waals surface area (Å²) in [6, 6.07) is 4.64. The highest BCUT2D eigenvalue weighted by molar-refractivity contribution is 6.35. The van der Waals surface area contributed by atoms with Crippen LogP contribution in [0, 0.1) is 5.92 Å². The van der Waals surface area contributed by atoms with Gasteiger partial charge in [0.2, 0.25) is 0 Å². The maximum absolute atomic E-state index is 11.8. The minimum atomic E-state index is -0.538. The van der Waals surface area contributed by atoms with Gasteiger partial charge in [0, 0.05) is 22.2 Å². The van der Waals surface area contributed by atoms with Crippen molar-refractivity contribution in [2.75, 3.05) is 6.54 Å². The maximum atomic E-state index is 11.8. The van der Waals surface area contributed by atoms with E-state index in [0.717, 1.165) is 0 Å². The lowest BCUT2D eigenvalue weighted by Crippen LogP contribution is -2.32. The number of nitrogens with one attached hydrogen (secondary N) is 1. The van der Waals surface area contributed by atoms with Gasteiger partial charge in [-0.25, -0.2) is 0 Å². The van der Waals surface area contributed by atoms with Gasteiger partial charge in [-0.1, -0.05) is 37.0 Å². The molecule has 0 saturated carbocycles. The van der Waals surface area contributed by atoms with E-state index in [4.69, 9.17) is 23.2 Å². The average molecular weight is 290 g/mol. The van der Waals surface area contributed by atoms with Gasteiger partial charge in [0.05, 0.1) is 6.10 Å². The van der Waals surface area contributed by atoms with Crippen LogP contribution in [0.3, 0.4) is 0 Å². The predicted octanol–water partition coefficient (Wildman–Crippen LogP) is 3.13. The van der Waals surface area contributed by atoms with Gasteiger partial charge in [-0.05, 0) is 30.5 Å². The van der Waals surface area contributed by atoms with E-state index in [1.807, 2.05) is 13.8 Å². The maximum Gasteiger partial charge on any atom is 0.251 e. The number of benzene rings is 1. The second-order valence-corrected chi connectivity index (χ2v) is 5.52. The third-order valence-corrected chi connectivity index (χ3v) is 2.80. The molecule has 5 heteroatoms. The molecule has 1 amide bonds. The molecule has 0 heterocycles. The fourth-order valence-corrected chi connectivity index (χ4v) is 2.15. The van der Waals surface area contributed by atoms with Gasteiger partial charge in [0.25, 0.3) is 5.91 Å². The average Bonchev–Trinajstić information content (AvgIpc) is 2.23. The van der Waals surface area contributed by atoms with Crippen molar-refractivity contribution in [1.82, 2.24) is 5.32 Å². The Morgan fingerprint density at radius 2 is 1.83 bits per heavy atom. The normalized spacial score (nSPS) is 12.6. The van der Waals surface area contributed by atoms with E-state index in [-0.39, 0.29) is 12.5 Å². The van der Waals surface area contributed by atoms with Gasteiger partial charge in [-0.15, -0.1) is 0 Å². The van der Waals surface area contributed by atoms with E-state index in [9.17, 15) is 9.90 Å². The van der Waals surface area contributed by atoms with Crippen LogP contribution in [0.1, 0.15) is 30.6 Å². The lowest BCUT2D eigenvalue weighted by molar-refractivity contribution is 0.0900. The van der Waals surface area contributed by atoms with Crippen LogP contribution in [0.15, 0.2) is 18.2 Å². The van der Waals surface area contributed by atoms with Gasteiger partial charge in [-0.2, -0.15) is 0 Å². The van der Waals surface area contributed by atoms with Crippen LogP contribution in [-0.2, 0) is 0 Å². The van der Waals surface area contributed by atoms with Crippen LogP contribution < -0.4 is 5.32 Å². The fraction of sp³-hybridized carbons (Fsp3) is 0.462. The summed E-state index contributed by atoms with van der Waals surface area (Å²) in [5.41, 5.74) is 0.393. The number of aliphatic hydroxyl groups is 1. The molecule has 1 aromatic carbocycles. The van der Waals surface area contributed by atoms with E-state index in [1.54, 1.807) is 6.07 Å². The Bertz CT molecular complexity index is 401. The second kappa shape index (κ2) is 6.98. The summed E-state index contributed by atoms with van der Waals surface area (Å²) in [6.07, 6.45) is 0.111.